The van der Waals surface area contributed by atoms with Crippen molar-refractivity contribution in [2.75, 3.05) is 17.2 Å². The fraction of sp³-hybridized carbons (Fsp3) is 0.235. The predicted molar refractivity (Wildman–Crippen MR) is 90.7 cm³/mol. The van der Waals surface area contributed by atoms with E-state index in [1.54, 1.807) is 24.3 Å². The first-order valence-electron chi connectivity index (χ1n) is 7.62. The van der Waals surface area contributed by atoms with Crippen molar-refractivity contribution in [3.63, 3.8) is 0 Å². The van der Waals surface area contributed by atoms with Crippen LogP contribution in [0.5, 0.6) is 0 Å². The Morgan fingerprint density at radius 1 is 1.12 bits per heavy atom. The van der Waals surface area contributed by atoms with Gasteiger partial charge in [-0.15, -0.1) is 0 Å². The number of carbonyl (C=O) groups is 3. The molecule has 3 amide bonds. The summed E-state index contributed by atoms with van der Waals surface area (Å²) >= 11 is 0. The van der Waals surface area contributed by atoms with Gasteiger partial charge in [-0.05, 0) is 30.7 Å². The lowest BCUT2D eigenvalue weighted by molar-refractivity contribution is -0.136. The van der Waals surface area contributed by atoms with Crippen LogP contribution in [0.4, 0.5) is 11.4 Å². The molecule has 1 atom stereocenters. The van der Waals surface area contributed by atoms with Crippen molar-refractivity contribution in [3.8, 4) is 0 Å². The molecule has 1 aromatic carbocycles. The van der Waals surface area contributed by atoms with E-state index in [2.05, 4.69) is 16.0 Å². The Morgan fingerprint density at radius 2 is 1.84 bits per heavy atom. The standard InChI is InChI=1S/C17H19N3O5/c1-11(21)19-13-3-2-4-14(9-13)20-17(24)16(23)18-7-5-15(22)12-6-8-25-10-12/h2-4,6,8-10,15,22H,5,7H2,1H3,(H,18,23)(H,19,21)(H,20,24). The van der Waals surface area contributed by atoms with E-state index in [-0.39, 0.29) is 18.9 Å². The molecule has 0 aliphatic carbocycles. The lowest BCUT2D eigenvalue weighted by atomic mass is 10.1. The Hall–Kier alpha value is -3.13. The number of aliphatic hydroxyl groups is 1. The van der Waals surface area contributed by atoms with Gasteiger partial charge in [0.25, 0.3) is 0 Å². The second kappa shape index (κ2) is 8.65. The minimum absolute atomic E-state index is 0.129. The van der Waals surface area contributed by atoms with Gasteiger partial charge < -0.3 is 25.5 Å². The minimum atomic E-state index is -0.835. The molecule has 0 fully saturated rings. The molecule has 0 bridgehead atoms. The number of amides is 3. The van der Waals surface area contributed by atoms with Gasteiger partial charge in [0.2, 0.25) is 5.91 Å². The summed E-state index contributed by atoms with van der Waals surface area (Å²) < 4.78 is 4.86. The zero-order valence-electron chi connectivity index (χ0n) is 13.6. The molecule has 0 saturated carbocycles. The molecule has 8 nitrogen and oxygen atoms in total. The molecule has 0 saturated heterocycles. The van der Waals surface area contributed by atoms with Crippen molar-refractivity contribution in [2.24, 2.45) is 0 Å². The molecule has 132 valence electrons. The normalized spacial score (nSPS) is 11.4. The maximum Gasteiger partial charge on any atom is 0.313 e. The van der Waals surface area contributed by atoms with Gasteiger partial charge in [0.05, 0.1) is 18.6 Å². The first-order valence-corrected chi connectivity index (χ1v) is 7.62. The summed E-state index contributed by atoms with van der Waals surface area (Å²) in [7, 11) is 0. The lowest BCUT2D eigenvalue weighted by Crippen LogP contribution is -2.36. The summed E-state index contributed by atoms with van der Waals surface area (Å²) in [6, 6.07) is 8.06. The van der Waals surface area contributed by atoms with Gasteiger partial charge in [-0.25, -0.2) is 0 Å². The topological polar surface area (TPSA) is 121 Å². The minimum Gasteiger partial charge on any atom is -0.472 e. The molecular formula is C17H19N3O5. The van der Waals surface area contributed by atoms with Crippen LogP contribution in [0.15, 0.2) is 47.3 Å². The smallest absolute Gasteiger partial charge is 0.313 e. The number of anilines is 2. The Labute approximate surface area is 144 Å². The summed E-state index contributed by atoms with van der Waals surface area (Å²) in [5.74, 6) is -1.89. The van der Waals surface area contributed by atoms with E-state index in [0.717, 1.165) is 0 Å². The quantitative estimate of drug-likeness (QED) is 0.590. The van der Waals surface area contributed by atoms with Crippen LogP contribution < -0.4 is 16.0 Å². The first kappa shape index (κ1) is 18.2. The van der Waals surface area contributed by atoms with Gasteiger partial charge in [-0.2, -0.15) is 0 Å². The second-order valence-corrected chi connectivity index (χ2v) is 5.33. The average molecular weight is 345 g/mol. The van der Waals surface area contributed by atoms with Gasteiger partial charge >= 0.3 is 11.8 Å². The maximum atomic E-state index is 11.9. The van der Waals surface area contributed by atoms with Crippen molar-refractivity contribution in [1.82, 2.24) is 5.32 Å². The van der Waals surface area contributed by atoms with Gasteiger partial charge in [-0.1, -0.05) is 6.07 Å². The van der Waals surface area contributed by atoms with Gasteiger partial charge in [0.1, 0.15) is 0 Å². The van der Waals surface area contributed by atoms with E-state index in [1.807, 2.05) is 0 Å². The highest BCUT2D eigenvalue weighted by Crippen LogP contribution is 2.16. The zero-order chi connectivity index (χ0) is 18.2. The first-order chi connectivity index (χ1) is 12.0. The van der Waals surface area contributed by atoms with Crippen molar-refractivity contribution in [3.05, 3.63) is 48.4 Å². The summed E-state index contributed by atoms with van der Waals surface area (Å²) in [5.41, 5.74) is 1.49. The predicted octanol–water partition coefficient (Wildman–Crippen LogP) is 1.42. The second-order valence-electron chi connectivity index (χ2n) is 5.33. The van der Waals surface area contributed by atoms with Crippen LogP contribution in [0.25, 0.3) is 0 Å². The van der Waals surface area contributed by atoms with Crippen molar-refractivity contribution < 1.29 is 23.9 Å². The number of aliphatic hydroxyl groups excluding tert-OH is 1. The van der Waals surface area contributed by atoms with E-state index in [1.165, 1.54) is 25.5 Å². The molecular weight excluding hydrogens is 326 g/mol. The van der Waals surface area contributed by atoms with Crippen molar-refractivity contribution in [1.29, 1.82) is 0 Å². The molecule has 0 aliphatic rings. The third-order valence-corrected chi connectivity index (χ3v) is 3.28. The van der Waals surface area contributed by atoms with Gasteiger partial charge in [0.15, 0.2) is 0 Å². The number of hydrogen-bond donors (Lipinski definition) is 4. The van der Waals surface area contributed by atoms with Crippen LogP contribution >= 0.6 is 0 Å². The van der Waals surface area contributed by atoms with E-state index in [9.17, 15) is 19.5 Å². The van der Waals surface area contributed by atoms with Crippen LogP contribution in [0.2, 0.25) is 0 Å². The van der Waals surface area contributed by atoms with E-state index < -0.39 is 17.9 Å². The molecule has 0 radical (unpaired) electrons. The molecule has 0 spiro atoms. The Bertz CT molecular complexity index is 743. The van der Waals surface area contributed by atoms with Crippen LogP contribution in [0.3, 0.4) is 0 Å². The summed E-state index contributed by atoms with van der Waals surface area (Å²) in [4.78, 5) is 34.7. The van der Waals surface area contributed by atoms with Crippen molar-refractivity contribution >= 4 is 29.1 Å². The molecule has 1 aromatic heterocycles. The van der Waals surface area contributed by atoms with Crippen LogP contribution in [0, 0.1) is 0 Å². The number of nitrogens with one attached hydrogen (secondary N) is 3. The van der Waals surface area contributed by atoms with Crippen LogP contribution in [0.1, 0.15) is 25.0 Å². The third kappa shape index (κ3) is 5.78. The molecule has 1 unspecified atom stereocenters. The van der Waals surface area contributed by atoms with E-state index in [0.29, 0.717) is 16.9 Å². The van der Waals surface area contributed by atoms with Crippen molar-refractivity contribution in [2.45, 2.75) is 19.4 Å². The van der Waals surface area contributed by atoms with Crippen LogP contribution in [-0.2, 0) is 14.4 Å². The Balaban J connectivity index is 1.80. The number of benzene rings is 1. The molecule has 0 aliphatic heterocycles. The molecule has 4 N–H and O–H groups in total. The molecule has 1 heterocycles. The Kier molecular flexibility index (Phi) is 6.30. The van der Waals surface area contributed by atoms with Crippen LogP contribution in [-0.4, -0.2) is 29.4 Å². The number of furan rings is 1. The summed E-state index contributed by atoms with van der Waals surface area (Å²) in [6.07, 6.45) is 2.33. The molecule has 25 heavy (non-hydrogen) atoms. The molecule has 2 aromatic rings. The SMILES string of the molecule is CC(=O)Nc1cccc(NC(=O)C(=O)NCCC(O)c2ccoc2)c1. The highest BCUT2D eigenvalue weighted by molar-refractivity contribution is 6.39. The fourth-order valence-corrected chi connectivity index (χ4v) is 2.10. The highest BCUT2D eigenvalue weighted by atomic mass is 16.3. The summed E-state index contributed by atoms with van der Waals surface area (Å²) in [5, 5.41) is 17.3. The monoisotopic (exact) mass is 345 g/mol. The fourth-order valence-electron chi connectivity index (χ4n) is 2.10. The third-order valence-electron chi connectivity index (χ3n) is 3.28. The maximum absolute atomic E-state index is 11.9. The van der Waals surface area contributed by atoms with Gasteiger partial charge in [0, 0.05) is 30.4 Å². The highest BCUT2D eigenvalue weighted by Gasteiger charge is 2.15. The van der Waals surface area contributed by atoms with E-state index >= 15 is 0 Å². The number of carbonyl (C=O) groups excluding carboxylic acids is 3. The average Bonchev–Trinajstić information content (AvgIpc) is 3.08. The number of rotatable bonds is 6. The van der Waals surface area contributed by atoms with E-state index in [4.69, 9.17) is 4.42 Å². The zero-order valence-corrected chi connectivity index (χ0v) is 13.6. The van der Waals surface area contributed by atoms with Gasteiger partial charge in [-0.3, -0.25) is 14.4 Å². The molecule has 2 rings (SSSR count). The Morgan fingerprint density at radius 3 is 2.48 bits per heavy atom. The number of hydrogen-bond acceptors (Lipinski definition) is 5. The molecule has 8 heteroatoms. The largest absolute Gasteiger partial charge is 0.472 e. The summed E-state index contributed by atoms with van der Waals surface area (Å²) in [6.45, 7) is 1.50. The lowest BCUT2D eigenvalue weighted by Gasteiger charge is -2.10.